The molecule has 4 fully saturated rings. The van der Waals surface area contributed by atoms with Crippen molar-refractivity contribution in [1.29, 1.82) is 0 Å². The molecule has 134 heavy (non-hydrogen) atoms. The first-order valence-corrected chi connectivity index (χ1v) is 48.6. The number of oxazole rings is 1. The van der Waals surface area contributed by atoms with E-state index in [1.54, 1.807) is 90.9 Å². The van der Waals surface area contributed by atoms with E-state index in [1.807, 2.05) is 181 Å². The number of aromatic nitrogens is 8. The van der Waals surface area contributed by atoms with Gasteiger partial charge in [0.25, 0.3) is 0 Å². The lowest BCUT2D eigenvalue weighted by atomic mass is 9.89. The van der Waals surface area contributed by atoms with Gasteiger partial charge in [-0.1, -0.05) is 173 Å². The van der Waals surface area contributed by atoms with Gasteiger partial charge in [0.05, 0.1) is 126 Å². The number of nitrogens with zero attached hydrogens (tertiary/aromatic N) is 12. The zero-order valence-corrected chi connectivity index (χ0v) is 80.7. The molecule has 4 aromatic carbocycles. The molecule has 29 nitrogen and oxygen atoms in total. The van der Waals surface area contributed by atoms with Crippen molar-refractivity contribution in [2.24, 2.45) is 11.8 Å². The van der Waals surface area contributed by atoms with E-state index in [9.17, 15) is 58.8 Å². The molecule has 4 aliphatic rings. The first-order valence-electron chi connectivity index (χ1n) is 46.0. The Hall–Kier alpha value is -11.8. The molecule has 4 N–H and O–H groups in total. The molecule has 0 spiro atoms. The van der Waals surface area contributed by atoms with Crippen molar-refractivity contribution >= 4 is 80.8 Å². The highest BCUT2D eigenvalue weighted by molar-refractivity contribution is 7.13. The number of aliphatic hydroxyl groups excluding tert-OH is 4. The number of aryl methyl sites for hydroxylation is 8. The summed E-state index contributed by atoms with van der Waals surface area (Å²) in [5.74, 6) is -0.339. The maximum Gasteiger partial charge on any atom is 0.234 e. The van der Waals surface area contributed by atoms with E-state index < -0.39 is 72.3 Å². The molecule has 4 aliphatic heterocycles. The van der Waals surface area contributed by atoms with Crippen LogP contribution < -0.4 is 0 Å². The average molecular weight is 1880 g/mol. The third-order valence-corrected chi connectivity index (χ3v) is 28.2. The fraction of sp³-hybridized carbons (Fsp3) is 0.451. The van der Waals surface area contributed by atoms with Crippen LogP contribution in [-0.4, -0.2) is 202 Å². The topological polar surface area (TPSA) is 399 Å². The number of rotatable bonds is 32. The minimum absolute atomic E-state index is 0.00213. The van der Waals surface area contributed by atoms with Gasteiger partial charge in [-0.15, -0.1) is 34.0 Å². The number of carbonyl (C=O) groups is 8. The zero-order valence-electron chi connectivity index (χ0n) is 78.2. The van der Waals surface area contributed by atoms with Crippen molar-refractivity contribution < 1.29 is 81.3 Å². The van der Waals surface area contributed by atoms with E-state index >= 15 is 0 Å². The first-order chi connectivity index (χ1) is 64.2. The van der Waals surface area contributed by atoms with Crippen LogP contribution in [0.15, 0.2) is 179 Å². The Morgan fingerprint density at radius 1 is 0.403 bits per heavy atom. The second kappa shape index (κ2) is 45.5. The molecule has 32 heteroatoms. The molecule has 0 bridgehead atoms. The summed E-state index contributed by atoms with van der Waals surface area (Å²) < 4.78 is 26.9. The van der Waals surface area contributed by atoms with E-state index in [2.05, 4.69) is 64.8 Å². The SMILES string of the molecule is CC[C@@H](C(=O)N1C[C@H](O)C[C@H]1C(=O)CCc1ccc(-c2ocnc2C)cc1)c1cc(C)no1.CC[C@@H](C(=O)N1C[C@H](O)C[C@H]1C(=O)C[C@@H](C)c1ccc(-c2scnc2C)cc1)c1cc(C)no1.Cc1cc([C@H](C(=O)N2C[C@H](O)C[C@H]2C(=O)CCc2ccc(-c3cncs3)cc2)C(C)C)on1.Cc1cc([C@H](C(=O)N2C[C@H](O)C[C@H]2C(=O)C[C@@H](C)c2ccc(-c3cncs3)cc2)C(C)C)on1. The van der Waals surface area contributed by atoms with E-state index in [1.165, 1.54) is 11.3 Å². The quantitative estimate of drug-likeness (QED) is 0.0304. The van der Waals surface area contributed by atoms with E-state index in [0.717, 1.165) is 76.3 Å². The number of aliphatic hydroxyl groups is 4. The van der Waals surface area contributed by atoms with Gasteiger partial charge in [-0.2, -0.15) is 0 Å². The minimum Gasteiger partial charge on any atom is -0.443 e. The van der Waals surface area contributed by atoms with Gasteiger partial charge in [0.15, 0.2) is 35.3 Å². The number of carbonyl (C=O) groups excluding carboxylic acids is 8. The van der Waals surface area contributed by atoms with Crippen LogP contribution in [0.2, 0.25) is 0 Å². The molecule has 12 heterocycles. The second-order valence-electron chi connectivity index (χ2n) is 36.4. The largest absolute Gasteiger partial charge is 0.443 e. The van der Waals surface area contributed by atoms with Crippen molar-refractivity contribution in [3.8, 4) is 42.6 Å². The van der Waals surface area contributed by atoms with Gasteiger partial charge < -0.3 is 62.5 Å². The molecule has 0 unspecified atom stereocenters. The van der Waals surface area contributed by atoms with Gasteiger partial charge in [-0.25, -0.2) is 9.97 Å². The van der Waals surface area contributed by atoms with Crippen LogP contribution in [0.1, 0.15) is 235 Å². The smallest absolute Gasteiger partial charge is 0.234 e. The molecular weight excluding hydrogens is 1760 g/mol. The van der Waals surface area contributed by atoms with Gasteiger partial charge in [0.1, 0.15) is 34.9 Å². The molecule has 12 aromatic rings. The summed E-state index contributed by atoms with van der Waals surface area (Å²) in [6.07, 6.45) is 6.76. The highest BCUT2D eigenvalue weighted by Crippen LogP contribution is 2.40. The summed E-state index contributed by atoms with van der Waals surface area (Å²) in [5.41, 5.74) is 18.6. The summed E-state index contributed by atoms with van der Waals surface area (Å²) in [6, 6.07) is 36.9. The van der Waals surface area contributed by atoms with Crippen molar-refractivity contribution in [3.05, 3.63) is 236 Å². The van der Waals surface area contributed by atoms with Crippen LogP contribution in [0.3, 0.4) is 0 Å². The first kappa shape index (κ1) is 99.7. The number of hydrogen-bond donors (Lipinski definition) is 4. The normalized spacial score (nSPS) is 19.6. The Morgan fingerprint density at radius 3 is 1.06 bits per heavy atom. The van der Waals surface area contributed by atoms with Crippen molar-refractivity contribution in [2.45, 2.75) is 258 Å². The molecular formula is C102H120N12O17S3. The van der Waals surface area contributed by atoms with Crippen LogP contribution in [-0.2, 0) is 51.2 Å². The summed E-state index contributed by atoms with van der Waals surface area (Å²) >= 11 is 4.79. The summed E-state index contributed by atoms with van der Waals surface area (Å²) in [7, 11) is 0. The lowest BCUT2D eigenvalue weighted by molar-refractivity contribution is -0.140. The fourth-order valence-electron chi connectivity index (χ4n) is 18.3. The van der Waals surface area contributed by atoms with Crippen LogP contribution in [0.25, 0.3) is 42.6 Å². The van der Waals surface area contributed by atoms with Crippen LogP contribution in [0, 0.1) is 53.4 Å². The number of likely N-dealkylation sites (tertiary alicyclic amines) is 4. The predicted molar refractivity (Wildman–Crippen MR) is 507 cm³/mol. The number of ketones is 4. The Bertz CT molecular complexity index is 5920. The molecule has 0 aliphatic carbocycles. The average Bonchev–Trinajstić information content (AvgIpc) is 1.65. The summed E-state index contributed by atoms with van der Waals surface area (Å²) in [5, 5.41) is 56.8. The van der Waals surface area contributed by atoms with E-state index in [0.29, 0.717) is 97.2 Å². The monoisotopic (exact) mass is 1880 g/mol. The molecule has 14 atom stereocenters. The van der Waals surface area contributed by atoms with Crippen molar-refractivity contribution in [2.75, 3.05) is 26.2 Å². The molecule has 8 aromatic heterocycles. The Labute approximate surface area is 792 Å². The Kier molecular flexibility index (Phi) is 33.9. The second-order valence-corrected chi connectivity index (χ2v) is 39.0. The zero-order chi connectivity index (χ0) is 95.9. The lowest BCUT2D eigenvalue weighted by Gasteiger charge is -2.29. The van der Waals surface area contributed by atoms with Gasteiger partial charge >= 0.3 is 0 Å². The maximum absolute atomic E-state index is 13.5. The van der Waals surface area contributed by atoms with E-state index in [4.69, 9.17) is 22.5 Å². The van der Waals surface area contributed by atoms with E-state index in [-0.39, 0.29) is 122 Å². The molecule has 0 radical (unpaired) electrons. The molecule has 0 saturated carbocycles. The van der Waals surface area contributed by atoms with Gasteiger partial charge in [-0.3, -0.25) is 48.3 Å². The number of benzene rings is 4. The van der Waals surface area contributed by atoms with Crippen LogP contribution in [0.5, 0.6) is 0 Å². The number of amides is 4. The van der Waals surface area contributed by atoms with Crippen LogP contribution in [0.4, 0.5) is 0 Å². The highest BCUT2D eigenvalue weighted by Gasteiger charge is 2.47. The summed E-state index contributed by atoms with van der Waals surface area (Å²) in [6.45, 7) is 27.4. The molecule has 16 rings (SSSR count). The number of β-amino-alcohol motifs (C(OH)–C–C–N with tert-alkyl or cyclic N) is 4. The minimum atomic E-state index is -0.712. The molecule has 4 amide bonds. The maximum atomic E-state index is 13.5. The lowest BCUT2D eigenvalue weighted by Crippen LogP contribution is -2.44. The number of Topliss-reactive ketones (excluding diaryl/α,β-unsaturated/α-hetero) is 4. The van der Waals surface area contributed by atoms with Gasteiger partial charge in [0.2, 0.25) is 23.6 Å². The standard InChI is InChI=1S/2C26H31N3O4S.C25H29N3O5.C25H29N3O4S/c1-15(2)25(23-10-17(4)28-33-23)26(32)29-13-20(30)11-21(29)22(31)9-16(3)18-5-7-19(8-6-18)24-12-27-14-34-24;1-5-21(24-11-16(3)28-33-24)26(32)29-13-20(30)12-22(29)23(31)10-15(2)18-6-8-19(9-7-18)25-17(4)27-14-34-25;1-4-20(23-11-15(2)27-33-23)25(31)28-13-19(29)12-21(28)22(30)10-7-17-5-8-18(9-6-17)24-16(3)26-14-32-24;1-15(2)24(22-10-16(3)27-32-22)25(31)28-13-19(29)11-20(28)21(30)9-6-17-4-7-18(8-5-17)23-12-26-14-33-23/h5-8,10,12,14-16,20-21,25,30H,9,11,13H2,1-4H3;6-9,11,14-15,20-22,30H,5,10,12-13H2,1-4H3;5-6,8-9,11,14,19-21,29H,4,7,10,12-13H2,1-3H3;4-5,7-8,10,12,14-15,19-20,24,29H,6,9,11,13H2,1-3H3/t16-,20-,21+,25-;15-,20-,21-,22+;19-,20-,21+;19-,20+,24-/m1111/s1. The number of thiazole rings is 3. The van der Waals surface area contributed by atoms with Gasteiger partial charge in [0, 0.05) is 120 Å². The highest BCUT2D eigenvalue weighted by atomic mass is 32.1. The Balaban J connectivity index is 0.000000152. The van der Waals surface area contributed by atoms with Crippen LogP contribution >= 0.6 is 34.0 Å². The predicted octanol–water partition coefficient (Wildman–Crippen LogP) is 16.8. The number of hydrogen-bond acceptors (Lipinski definition) is 28. The third kappa shape index (κ3) is 24.5. The third-order valence-electron chi connectivity index (χ3n) is 25.5. The fourth-order valence-corrected chi connectivity index (χ4v) is 20.4. The summed E-state index contributed by atoms with van der Waals surface area (Å²) in [4.78, 5) is 133. The van der Waals surface area contributed by atoms with Crippen molar-refractivity contribution in [1.82, 2.24) is 60.2 Å². The Morgan fingerprint density at radius 2 is 0.746 bits per heavy atom. The van der Waals surface area contributed by atoms with Gasteiger partial charge in [-0.05, 0) is 130 Å². The molecule has 4 saturated heterocycles. The van der Waals surface area contributed by atoms with Crippen molar-refractivity contribution in [3.63, 3.8) is 0 Å². The molecule has 708 valence electrons.